The quantitative estimate of drug-likeness (QED) is 0.148. The van der Waals surface area contributed by atoms with Gasteiger partial charge in [0.15, 0.2) is 0 Å². The summed E-state index contributed by atoms with van der Waals surface area (Å²) < 4.78 is 0. The van der Waals surface area contributed by atoms with E-state index in [-0.39, 0.29) is 6.71 Å². The molecule has 10 rings (SSSR count). The van der Waals surface area contributed by atoms with Crippen molar-refractivity contribution in [3.05, 3.63) is 197 Å². The zero-order valence-electron chi connectivity index (χ0n) is 36.7. The van der Waals surface area contributed by atoms with Crippen LogP contribution < -0.4 is 26.2 Å². The van der Waals surface area contributed by atoms with Gasteiger partial charge < -0.3 is 9.80 Å². The molecule has 3 heteroatoms. The highest BCUT2D eigenvalue weighted by Crippen LogP contribution is 2.47. The fourth-order valence-corrected chi connectivity index (χ4v) is 10.1. The average Bonchev–Trinajstić information content (AvgIpc) is 3.26. The van der Waals surface area contributed by atoms with E-state index in [1.807, 2.05) is 0 Å². The topological polar surface area (TPSA) is 6.48 Å². The van der Waals surface area contributed by atoms with E-state index < -0.39 is 0 Å². The van der Waals surface area contributed by atoms with Crippen molar-refractivity contribution in [2.24, 2.45) is 0 Å². The maximum Gasteiger partial charge on any atom is 0.252 e. The third-order valence-electron chi connectivity index (χ3n) is 13.2. The molecule has 0 fully saturated rings. The Morgan fingerprint density at radius 1 is 0.393 bits per heavy atom. The van der Waals surface area contributed by atoms with E-state index in [0.29, 0.717) is 11.8 Å². The molecule has 61 heavy (non-hydrogen) atoms. The largest absolute Gasteiger partial charge is 0.311 e. The van der Waals surface area contributed by atoms with Crippen LogP contribution in [0.3, 0.4) is 0 Å². The zero-order valence-corrected chi connectivity index (χ0v) is 36.7. The molecule has 0 saturated heterocycles. The number of benzene rings is 8. The van der Waals surface area contributed by atoms with Crippen LogP contribution in [0.1, 0.15) is 72.9 Å². The SMILES string of the molecule is Cc1cc2c3c(c1)N(c1ccc(C(C)C)cc1)c1cc(-c4c(C)cccc4C)ccc1B3c1cc(C(C)C)ccc1N2c1cc(-c2ccccc2)cc(-c2ccccc2C)c1. The Kier molecular flexibility index (Phi) is 9.60. The van der Waals surface area contributed by atoms with Gasteiger partial charge in [0, 0.05) is 34.1 Å². The van der Waals surface area contributed by atoms with Crippen molar-refractivity contribution in [2.75, 3.05) is 9.80 Å². The highest BCUT2D eigenvalue weighted by Gasteiger charge is 2.44. The molecule has 0 spiro atoms. The number of hydrogen-bond acceptors (Lipinski definition) is 2. The minimum Gasteiger partial charge on any atom is -0.311 e. The van der Waals surface area contributed by atoms with Crippen LogP contribution in [0.4, 0.5) is 34.1 Å². The van der Waals surface area contributed by atoms with E-state index in [4.69, 9.17) is 0 Å². The number of aryl methyl sites for hydroxylation is 4. The van der Waals surface area contributed by atoms with E-state index in [0.717, 1.165) is 5.69 Å². The maximum atomic E-state index is 2.58. The molecule has 0 radical (unpaired) electrons. The lowest BCUT2D eigenvalue weighted by Gasteiger charge is -2.45. The molecule has 8 aromatic rings. The summed E-state index contributed by atoms with van der Waals surface area (Å²) in [6.45, 7) is 18.2. The monoisotopic (exact) mass is 788 g/mol. The molecule has 298 valence electrons. The molecule has 0 unspecified atom stereocenters. The van der Waals surface area contributed by atoms with Crippen LogP contribution >= 0.6 is 0 Å². The van der Waals surface area contributed by atoms with Crippen LogP contribution in [0.15, 0.2) is 164 Å². The van der Waals surface area contributed by atoms with Gasteiger partial charge in [0.25, 0.3) is 6.71 Å². The lowest BCUT2D eigenvalue weighted by molar-refractivity contribution is 0.866. The Labute approximate surface area is 363 Å². The molecular formula is C58H53BN2. The first kappa shape index (κ1) is 38.6. The lowest BCUT2D eigenvalue weighted by Crippen LogP contribution is -2.61. The Bertz CT molecular complexity index is 2960. The fourth-order valence-electron chi connectivity index (χ4n) is 10.1. The summed E-state index contributed by atoms with van der Waals surface area (Å²) in [7, 11) is 0. The number of nitrogens with zero attached hydrogens (tertiary/aromatic N) is 2. The predicted molar refractivity (Wildman–Crippen MR) is 264 cm³/mol. The number of hydrogen-bond donors (Lipinski definition) is 0. The average molecular weight is 789 g/mol. The van der Waals surface area contributed by atoms with Crippen molar-refractivity contribution >= 4 is 57.2 Å². The summed E-state index contributed by atoms with van der Waals surface area (Å²) in [5, 5.41) is 0. The normalized spacial score (nSPS) is 12.8. The first-order valence-electron chi connectivity index (χ1n) is 22.0. The molecule has 2 aliphatic rings. The molecule has 0 aliphatic carbocycles. The minimum absolute atomic E-state index is 0.0388. The second-order valence-corrected chi connectivity index (χ2v) is 18.0. The van der Waals surface area contributed by atoms with Crippen molar-refractivity contribution in [3.8, 4) is 33.4 Å². The number of anilines is 6. The third kappa shape index (κ3) is 6.59. The Hall–Kier alpha value is -6.58. The molecule has 0 amide bonds. The molecule has 2 heterocycles. The minimum atomic E-state index is 0.0388. The van der Waals surface area contributed by atoms with Crippen LogP contribution in [0, 0.1) is 27.7 Å². The fraction of sp³-hybridized carbons (Fsp3) is 0.172. The van der Waals surface area contributed by atoms with Gasteiger partial charge in [-0.2, -0.15) is 0 Å². The highest BCUT2D eigenvalue weighted by atomic mass is 15.2. The van der Waals surface area contributed by atoms with E-state index in [1.165, 1.54) is 112 Å². The first-order valence-corrected chi connectivity index (χ1v) is 22.0. The van der Waals surface area contributed by atoms with E-state index in [2.05, 4.69) is 229 Å². The van der Waals surface area contributed by atoms with Gasteiger partial charge in [-0.25, -0.2) is 0 Å². The van der Waals surface area contributed by atoms with E-state index in [1.54, 1.807) is 0 Å². The summed E-state index contributed by atoms with van der Waals surface area (Å²) in [6.07, 6.45) is 0. The molecule has 2 nitrogen and oxygen atoms in total. The van der Waals surface area contributed by atoms with Crippen molar-refractivity contribution in [1.82, 2.24) is 0 Å². The molecule has 0 N–H and O–H groups in total. The van der Waals surface area contributed by atoms with Crippen molar-refractivity contribution in [1.29, 1.82) is 0 Å². The van der Waals surface area contributed by atoms with Gasteiger partial charge in [0.05, 0.1) is 0 Å². The molecule has 8 aromatic carbocycles. The van der Waals surface area contributed by atoms with Crippen LogP contribution in [0.2, 0.25) is 0 Å². The van der Waals surface area contributed by atoms with Gasteiger partial charge in [0.2, 0.25) is 0 Å². The Balaban J connectivity index is 1.29. The van der Waals surface area contributed by atoms with E-state index >= 15 is 0 Å². The molecule has 0 bridgehead atoms. The molecular weight excluding hydrogens is 735 g/mol. The number of rotatable bonds is 7. The molecule has 2 aliphatic heterocycles. The smallest absolute Gasteiger partial charge is 0.252 e. The molecule has 0 atom stereocenters. The van der Waals surface area contributed by atoms with Gasteiger partial charge in [-0.15, -0.1) is 0 Å². The molecule has 0 saturated carbocycles. The third-order valence-corrected chi connectivity index (χ3v) is 13.2. The first-order chi connectivity index (χ1) is 29.5. The van der Waals surface area contributed by atoms with E-state index in [9.17, 15) is 0 Å². The van der Waals surface area contributed by atoms with Gasteiger partial charge in [-0.1, -0.05) is 137 Å². The predicted octanol–water partition coefficient (Wildman–Crippen LogP) is 14.3. The summed E-state index contributed by atoms with van der Waals surface area (Å²) >= 11 is 0. The van der Waals surface area contributed by atoms with Crippen molar-refractivity contribution < 1.29 is 0 Å². The number of fused-ring (bicyclic) bond motifs is 4. The second-order valence-electron chi connectivity index (χ2n) is 18.0. The highest BCUT2D eigenvalue weighted by molar-refractivity contribution is 7.00. The zero-order chi connectivity index (χ0) is 42.1. The van der Waals surface area contributed by atoms with Crippen molar-refractivity contribution in [3.63, 3.8) is 0 Å². The second kappa shape index (κ2) is 15.2. The lowest BCUT2D eigenvalue weighted by atomic mass is 9.33. The Morgan fingerprint density at radius 3 is 1.70 bits per heavy atom. The summed E-state index contributed by atoms with van der Waals surface area (Å²) in [4.78, 5) is 5.14. The summed E-state index contributed by atoms with van der Waals surface area (Å²) in [6, 6.07) is 62.3. The van der Waals surface area contributed by atoms with Crippen LogP contribution in [0.5, 0.6) is 0 Å². The van der Waals surface area contributed by atoms with Gasteiger partial charge in [-0.05, 0) is 177 Å². The molecule has 0 aromatic heterocycles. The van der Waals surface area contributed by atoms with Crippen molar-refractivity contribution in [2.45, 2.75) is 67.2 Å². The van der Waals surface area contributed by atoms with Crippen LogP contribution in [-0.4, -0.2) is 6.71 Å². The summed E-state index contributed by atoms with van der Waals surface area (Å²) in [5.74, 6) is 0.836. The standard InChI is InChI=1S/C58H53BN2/c1-36(2)42-21-25-48(26-22-42)60-54-35-45(57-40(7)16-14-17-41(57)8)23-27-51(54)59-52-34-44(37(3)4)24-28-53(52)61(56-30-38(5)29-55(60)58(56)59)49-32-46(43-18-10-9-11-19-43)31-47(33-49)50-20-13-12-15-39(50)6/h9-37H,1-8H3. The van der Waals surface area contributed by atoms with Crippen LogP contribution in [0.25, 0.3) is 33.4 Å². The Morgan fingerprint density at radius 2 is 1.02 bits per heavy atom. The van der Waals surface area contributed by atoms with Gasteiger partial charge in [0.1, 0.15) is 0 Å². The van der Waals surface area contributed by atoms with Gasteiger partial charge >= 0.3 is 0 Å². The van der Waals surface area contributed by atoms with Crippen LogP contribution in [-0.2, 0) is 0 Å². The summed E-state index contributed by atoms with van der Waals surface area (Å²) in [5.41, 5.74) is 26.6. The van der Waals surface area contributed by atoms with Gasteiger partial charge in [-0.3, -0.25) is 0 Å². The maximum absolute atomic E-state index is 2.58.